The summed E-state index contributed by atoms with van der Waals surface area (Å²) in [5, 5.41) is 1.28. The fourth-order valence-corrected chi connectivity index (χ4v) is 5.28. The molecule has 0 radical (unpaired) electrons. The van der Waals surface area contributed by atoms with Crippen LogP contribution in [-0.4, -0.2) is 34.1 Å². The third-order valence-corrected chi connectivity index (χ3v) is 7.08. The molecule has 1 aliphatic heterocycles. The third kappa shape index (κ3) is 4.02. The van der Waals surface area contributed by atoms with Crippen molar-refractivity contribution >= 4 is 39.2 Å². The highest BCUT2D eigenvalue weighted by atomic mass is 35.5. The van der Waals surface area contributed by atoms with Gasteiger partial charge in [0.15, 0.2) is 0 Å². The number of pyridine rings is 1. The SMILES string of the molecule is NC1CCN(c2c(-c3cc(F)cc(F)c3)cnc3ccc(-c4cc(Cl)c5[nH]c(=O)[nH]c5c4)cc23)CC1. The first-order valence-corrected chi connectivity index (χ1v) is 12.1. The van der Waals surface area contributed by atoms with E-state index in [2.05, 4.69) is 19.9 Å². The fourth-order valence-electron chi connectivity index (χ4n) is 5.01. The van der Waals surface area contributed by atoms with E-state index < -0.39 is 11.6 Å². The number of anilines is 1. The van der Waals surface area contributed by atoms with Crippen molar-refractivity contribution in [2.24, 2.45) is 5.73 Å². The van der Waals surface area contributed by atoms with Gasteiger partial charge in [0.2, 0.25) is 0 Å². The molecule has 6 nitrogen and oxygen atoms in total. The van der Waals surface area contributed by atoms with Crippen LogP contribution in [0.2, 0.25) is 5.02 Å². The predicted molar refractivity (Wildman–Crippen MR) is 139 cm³/mol. The summed E-state index contributed by atoms with van der Waals surface area (Å²) in [6.45, 7) is 1.44. The van der Waals surface area contributed by atoms with Gasteiger partial charge in [0, 0.05) is 42.3 Å². The number of piperidine rings is 1. The molecule has 182 valence electrons. The first kappa shape index (κ1) is 22.7. The second-order valence-corrected chi connectivity index (χ2v) is 9.60. The summed E-state index contributed by atoms with van der Waals surface area (Å²) < 4.78 is 28.3. The number of benzene rings is 3. The van der Waals surface area contributed by atoms with Crippen LogP contribution in [0.1, 0.15) is 12.8 Å². The van der Waals surface area contributed by atoms with Crippen molar-refractivity contribution in [2.45, 2.75) is 18.9 Å². The van der Waals surface area contributed by atoms with Crippen molar-refractivity contribution in [1.29, 1.82) is 0 Å². The number of aromatic amines is 2. The minimum Gasteiger partial charge on any atom is -0.370 e. The highest BCUT2D eigenvalue weighted by Crippen LogP contribution is 2.40. The van der Waals surface area contributed by atoms with E-state index in [1.165, 1.54) is 12.1 Å². The molecule has 0 bridgehead atoms. The van der Waals surface area contributed by atoms with E-state index in [0.29, 0.717) is 27.2 Å². The molecule has 0 atom stereocenters. The number of rotatable bonds is 3. The molecule has 9 heteroatoms. The number of hydrogen-bond donors (Lipinski definition) is 3. The van der Waals surface area contributed by atoms with Crippen LogP contribution in [0.4, 0.5) is 14.5 Å². The molecule has 3 aromatic carbocycles. The van der Waals surface area contributed by atoms with E-state index in [1.54, 1.807) is 12.3 Å². The maximum atomic E-state index is 14.2. The van der Waals surface area contributed by atoms with Crippen LogP contribution in [0.25, 0.3) is 44.2 Å². The molecular weight excluding hydrogens is 484 g/mol. The quantitative estimate of drug-likeness (QED) is 0.298. The van der Waals surface area contributed by atoms with Crippen LogP contribution in [0, 0.1) is 11.6 Å². The number of H-pyrrole nitrogens is 2. The first-order chi connectivity index (χ1) is 17.4. The number of nitrogens with two attached hydrogens (primary N) is 1. The van der Waals surface area contributed by atoms with E-state index >= 15 is 0 Å². The van der Waals surface area contributed by atoms with Gasteiger partial charge in [-0.3, -0.25) is 4.98 Å². The van der Waals surface area contributed by atoms with Crippen LogP contribution in [-0.2, 0) is 0 Å². The number of imidazole rings is 1. The maximum Gasteiger partial charge on any atom is 0.323 e. The summed E-state index contributed by atoms with van der Waals surface area (Å²) in [6, 6.07) is 13.2. The number of fused-ring (bicyclic) bond motifs is 2. The van der Waals surface area contributed by atoms with Crippen molar-refractivity contribution in [2.75, 3.05) is 18.0 Å². The molecule has 4 N–H and O–H groups in total. The van der Waals surface area contributed by atoms with E-state index in [4.69, 9.17) is 17.3 Å². The normalized spacial score (nSPS) is 14.7. The topological polar surface area (TPSA) is 90.8 Å². The van der Waals surface area contributed by atoms with Crippen molar-refractivity contribution in [3.63, 3.8) is 0 Å². The number of hydrogen-bond acceptors (Lipinski definition) is 4. The Morgan fingerprint density at radius 3 is 2.44 bits per heavy atom. The Kier molecular flexibility index (Phi) is 5.50. The standard InChI is InChI=1S/C27H22ClF2N5O/c28-22-10-15(11-24-25(22)34-27(36)33-24)14-1-2-23-20(9-14)26(35-5-3-19(31)4-6-35)21(13-32-23)16-7-17(29)12-18(30)8-16/h1-2,7-13,19H,3-6,31H2,(H2,33,34,36). The van der Waals surface area contributed by atoms with Gasteiger partial charge in [-0.2, -0.15) is 0 Å². The number of nitrogens with zero attached hydrogens (tertiary/aromatic N) is 2. The summed E-state index contributed by atoms with van der Waals surface area (Å²) >= 11 is 6.45. The van der Waals surface area contributed by atoms with Gasteiger partial charge in [-0.1, -0.05) is 17.7 Å². The molecule has 6 rings (SSSR count). The Morgan fingerprint density at radius 1 is 0.944 bits per heavy atom. The van der Waals surface area contributed by atoms with Gasteiger partial charge in [0.05, 0.1) is 27.3 Å². The Hall–Kier alpha value is -3.75. The van der Waals surface area contributed by atoms with E-state index in [0.717, 1.165) is 59.7 Å². The fraction of sp³-hybridized carbons (Fsp3) is 0.185. The van der Waals surface area contributed by atoms with Gasteiger partial charge in [-0.25, -0.2) is 13.6 Å². The largest absolute Gasteiger partial charge is 0.370 e. The lowest BCUT2D eigenvalue weighted by Crippen LogP contribution is -2.40. The highest BCUT2D eigenvalue weighted by molar-refractivity contribution is 6.35. The second kappa shape index (κ2) is 8.72. The smallest absolute Gasteiger partial charge is 0.323 e. The summed E-state index contributed by atoms with van der Waals surface area (Å²) in [4.78, 5) is 24.1. The van der Waals surface area contributed by atoms with Gasteiger partial charge in [-0.05, 0) is 65.9 Å². The lowest BCUT2D eigenvalue weighted by atomic mass is 9.96. The molecule has 3 heterocycles. The zero-order valence-corrected chi connectivity index (χ0v) is 19.9. The Morgan fingerprint density at radius 2 is 1.69 bits per heavy atom. The molecule has 0 amide bonds. The molecule has 0 spiro atoms. The van der Waals surface area contributed by atoms with Gasteiger partial charge >= 0.3 is 5.69 Å². The first-order valence-electron chi connectivity index (χ1n) is 11.7. The molecule has 0 saturated carbocycles. The van der Waals surface area contributed by atoms with E-state index in [1.807, 2.05) is 24.3 Å². The summed E-state index contributed by atoms with van der Waals surface area (Å²) in [5.41, 5.74) is 11.4. The van der Waals surface area contributed by atoms with Crippen molar-refractivity contribution in [3.05, 3.63) is 81.9 Å². The lowest BCUT2D eigenvalue weighted by Gasteiger charge is -2.34. The molecular formula is C27H22ClF2N5O. The van der Waals surface area contributed by atoms with Crippen LogP contribution < -0.4 is 16.3 Å². The van der Waals surface area contributed by atoms with E-state index in [9.17, 15) is 13.6 Å². The Labute approximate surface area is 209 Å². The molecule has 1 saturated heterocycles. The van der Waals surface area contributed by atoms with Crippen LogP contribution in [0.15, 0.2) is 59.5 Å². The number of aromatic nitrogens is 3. The number of nitrogens with one attached hydrogen (secondary N) is 2. The molecule has 36 heavy (non-hydrogen) atoms. The summed E-state index contributed by atoms with van der Waals surface area (Å²) in [5.74, 6) is -1.29. The summed E-state index contributed by atoms with van der Waals surface area (Å²) in [6.07, 6.45) is 3.30. The predicted octanol–water partition coefficient (Wildman–Crippen LogP) is 5.60. The number of halogens is 3. The second-order valence-electron chi connectivity index (χ2n) is 9.19. The average molecular weight is 506 g/mol. The van der Waals surface area contributed by atoms with Gasteiger partial charge in [0.1, 0.15) is 11.6 Å². The summed E-state index contributed by atoms with van der Waals surface area (Å²) in [7, 11) is 0. The van der Waals surface area contributed by atoms with Crippen molar-refractivity contribution in [1.82, 2.24) is 15.0 Å². The lowest BCUT2D eigenvalue weighted by molar-refractivity contribution is 0.502. The van der Waals surface area contributed by atoms with Crippen molar-refractivity contribution < 1.29 is 8.78 Å². The van der Waals surface area contributed by atoms with Crippen molar-refractivity contribution in [3.8, 4) is 22.3 Å². The molecule has 1 aliphatic rings. The Balaban J connectivity index is 1.58. The molecule has 0 unspecified atom stereocenters. The Bertz CT molecular complexity index is 1670. The molecule has 0 aliphatic carbocycles. The zero-order chi connectivity index (χ0) is 25.0. The minimum atomic E-state index is -0.645. The maximum absolute atomic E-state index is 14.2. The van der Waals surface area contributed by atoms with Crippen LogP contribution >= 0.6 is 11.6 Å². The molecule has 5 aromatic rings. The van der Waals surface area contributed by atoms with Crippen LogP contribution in [0.3, 0.4) is 0 Å². The van der Waals surface area contributed by atoms with Crippen LogP contribution in [0.5, 0.6) is 0 Å². The highest BCUT2D eigenvalue weighted by Gasteiger charge is 2.23. The monoisotopic (exact) mass is 505 g/mol. The van der Waals surface area contributed by atoms with Gasteiger partial charge in [0.25, 0.3) is 0 Å². The molecule has 2 aromatic heterocycles. The zero-order valence-electron chi connectivity index (χ0n) is 19.1. The minimum absolute atomic E-state index is 0.123. The van der Waals surface area contributed by atoms with Gasteiger partial charge < -0.3 is 20.6 Å². The van der Waals surface area contributed by atoms with E-state index in [-0.39, 0.29) is 11.7 Å². The third-order valence-electron chi connectivity index (χ3n) is 6.78. The molecule has 1 fully saturated rings. The van der Waals surface area contributed by atoms with Gasteiger partial charge in [-0.15, -0.1) is 0 Å². The average Bonchev–Trinajstić information content (AvgIpc) is 3.24.